The van der Waals surface area contributed by atoms with Crippen LogP contribution in [0.5, 0.6) is 5.75 Å². The second-order valence-electron chi connectivity index (χ2n) is 2.31. The predicted octanol–water partition coefficient (Wildman–Crippen LogP) is 2.41. The van der Waals surface area contributed by atoms with Crippen molar-refractivity contribution >= 4 is 11.6 Å². The first kappa shape index (κ1) is 9.36. The Labute approximate surface area is 77.1 Å². The Morgan fingerprint density at radius 3 is 2.42 bits per heavy atom. The first-order chi connectivity index (χ1) is 5.86. The molecular weight excluding hydrogens is 176 g/mol. The van der Waals surface area contributed by atoms with Crippen LogP contribution in [-0.4, -0.2) is 13.2 Å². The molecule has 12 heavy (non-hydrogen) atoms. The van der Waals surface area contributed by atoms with Gasteiger partial charge >= 0.3 is 0 Å². The van der Waals surface area contributed by atoms with Crippen LogP contribution < -0.4 is 4.74 Å². The lowest BCUT2D eigenvalue weighted by molar-refractivity contribution is 0.165. The summed E-state index contributed by atoms with van der Waals surface area (Å²) in [5.74, 6) is 0.852. The van der Waals surface area contributed by atoms with Crippen molar-refractivity contribution in [2.24, 2.45) is 0 Å². The maximum Gasteiger partial charge on any atom is 0.121 e. The third-order valence-electron chi connectivity index (χ3n) is 1.50. The third-order valence-corrected chi connectivity index (χ3v) is 1.66. The molecule has 0 saturated heterocycles. The number of hydrogen-bond acceptors (Lipinski definition) is 2. The number of halogens is 1. The summed E-state index contributed by atoms with van der Waals surface area (Å²) < 4.78 is 10.0. The van der Waals surface area contributed by atoms with Gasteiger partial charge in [-0.3, -0.25) is 0 Å². The summed E-state index contributed by atoms with van der Waals surface area (Å²) in [6.07, 6.45) is 0. The summed E-state index contributed by atoms with van der Waals surface area (Å²) in [5.41, 5.74) is 1.09. The maximum atomic E-state index is 5.36. The van der Waals surface area contributed by atoms with Crippen molar-refractivity contribution < 1.29 is 9.47 Å². The lowest BCUT2D eigenvalue weighted by atomic mass is 10.2. The molecule has 66 valence electrons. The molecule has 1 aromatic carbocycles. The van der Waals surface area contributed by atoms with Crippen molar-refractivity contribution in [1.29, 1.82) is 0 Å². The van der Waals surface area contributed by atoms with E-state index in [1.165, 1.54) is 0 Å². The van der Waals surface area contributed by atoms with Gasteiger partial charge in [-0.2, -0.15) is 0 Å². The van der Waals surface area contributed by atoms with Crippen molar-refractivity contribution in [3.8, 4) is 5.75 Å². The Morgan fingerprint density at radius 1 is 1.25 bits per heavy atom. The van der Waals surface area contributed by atoms with E-state index in [4.69, 9.17) is 21.1 Å². The first-order valence-corrected chi connectivity index (χ1v) is 4.17. The summed E-state index contributed by atoms with van der Waals surface area (Å²) in [7, 11) is 1.64. The largest absolute Gasteiger partial charge is 0.497 e. The first-order valence-electron chi connectivity index (χ1n) is 3.63. The molecule has 0 N–H and O–H groups in total. The number of ether oxygens (including phenoxy) is 2. The fourth-order valence-electron chi connectivity index (χ4n) is 0.878. The highest BCUT2D eigenvalue weighted by molar-refractivity contribution is 6.17. The van der Waals surface area contributed by atoms with Gasteiger partial charge in [-0.15, -0.1) is 0 Å². The minimum Gasteiger partial charge on any atom is -0.497 e. The fraction of sp³-hybridized carbons (Fsp3) is 0.333. The molecule has 3 heteroatoms. The van der Waals surface area contributed by atoms with Crippen LogP contribution in [0.15, 0.2) is 24.3 Å². The number of benzene rings is 1. The Hall–Kier alpha value is -0.730. The van der Waals surface area contributed by atoms with Gasteiger partial charge in [0, 0.05) is 0 Å². The lowest BCUT2D eigenvalue weighted by Crippen LogP contribution is -1.90. The Balaban J connectivity index is 2.53. The van der Waals surface area contributed by atoms with E-state index >= 15 is 0 Å². The Kier molecular flexibility index (Phi) is 3.91. The number of alkyl halides is 1. The third kappa shape index (κ3) is 2.72. The molecule has 0 heterocycles. The van der Waals surface area contributed by atoms with Gasteiger partial charge in [-0.1, -0.05) is 23.7 Å². The van der Waals surface area contributed by atoms with Crippen LogP contribution in [0.2, 0.25) is 0 Å². The molecule has 1 rings (SSSR count). The van der Waals surface area contributed by atoms with Gasteiger partial charge in [-0.25, -0.2) is 0 Å². The van der Waals surface area contributed by atoms with Crippen LogP contribution in [-0.2, 0) is 11.3 Å². The fourth-order valence-corrected chi connectivity index (χ4v) is 0.955. The zero-order valence-corrected chi connectivity index (χ0v) is 7.67. The molecule has 0 aliphatic carbocycles. The van der Waals surface area contributed by atoms with Crippen LogP contribution in [0.25, 0.3) is 0 Å². The topological polar surface area (TPSA) is 18.5 Å². The molecule has 1 aromatic rings. The Morgan fingerprint density at radius 2 is 1.92 bits per heavy atom. The molecule has 0 spiro atoms. The summed E-state index contributed by atoms with van der Waals surface area (Å²) in [5, 5.41) is 0. The smallest absolute Gasteiger partial charge is 0.121 e. The van der Waals surface area contributed by atoms with E-state index < -0.39 is 0 Å². The molecular formula is C9H11ClO2. The van der Waals surface area contributed by atoms with Crippen molar-refractivity contribution in [3.63, 3.8) is 0 Å². The van der Waals surface area contributed by atoms with Gasteiger partial charge in [0.25, 0.3) is 0 Å². The molecule has 0 atom stereocenters. The van der Waals surface area contributed by atoms with Crippen LogP contribution >= 0.6 is 11.6 Å². The molecule has 0 amide bonds. The molecule has 0 aliphatic rings. The van der Waals surface area contributed by atoms with Crippen molar-refractivity contribution in [2.45, 2.75) is 6.61 Å². The highest BCUT2D eigenvalue weighted by Crippen LogP contribution is 2.11. The molecule has 0 saturated carbocycles. The van der Waals surface area contributed by atoms with Gasteiger partial charge in [0.2, 0.25) is 0 Å². The normalized spacial score (nSPS) is 9.83. The maximum absolute atomic E-state index is 5.36. The van der Waals surface area contributed by atoms with Crippen molar-refractivity contribution in [3.05, 3.63) is 29.8 Å². The van der Waals surface area contributed by atoms with Crippen molar-refractivity contribution in [2.75, 3.05) is 13.2 Å². The van der Waals surface area contributed by atoms with E-state index in [1.54, 1.807) is 7.11 Å². The highest BCUT2D eigenvalue weighted by atomic mass is 35.5. The van der Waals surface area contributed by atoms with Crippen LogP contribution in [0.1, 0.15) is 5.56 Å². The van der Waals surface area contributed by atoms with Crippen molar-refractivity contribution in [1.82, 2.24) is 0 Å². The van der Waals surface area contributed by atoms with Gasteiger partial charge in [0.05, 0.1) is 13.7 Å². The monoisotopic (exact) mass is 186 g/mol. The molecule has 0 bridgehead atoms. The summed E-state index contributed by atoms with van der Waals surface area (Å²) in [6.45, 7) is 0.549. The summed E-state index contributed by atoms with van der Waals surface area (Å²) in [6, 6.07) is 7.92. The summed E-state index contributed by atoms with van der Waals surface area (Å²) >= 11 is 5.36. The quantitative estimate of drug-likeness (QED) is 0.673. The second-order valence-corrected chi connectivity index (χ2v) is 2.52. The average Bonchev–Trinajstić information content (AvgIpc) is 2.15. The van der Waals surface area contributed by atoms with Crippen LogP contribution in [0.3, 0.4) is 0 Å². The van der Waals surface area contributed by atoms with E-state index in [-0.39, 0.29) is 6.07 Å². The van der Waals surface area contributed by atoms with E-state index in [2.05, 4.69) is 0 Å². The number of rotatable bonds is 4. The summed E-state index contributed by atoms with van der Waals surface area (Å²) in [4.78, 5) is 0. The van der Waals surface area contributed by atoms with Gasteiger partial charge in [0.15, 0.2) is 0 Å². The van der Waals surface area contributed by atoms with E-state index in [0.29, 0.717) is 6.61 Å². The molecule has 0 aromatic heterocycles. The minimum absolute atomic E-state index is 0.228. The van der Waals surface area contributed by atoms with E-state index in [1.807, 2.05) is 24.3 Å². The molecule has 0 aliphatic heterocycles. The molecule has 2 nitrogen and oxygen atoms in total. The van der Waals surface area contributed by atoms with E-state index in [0.717, 1.165) is 11.3 Å². The average molecular weight is 187 g/mol. The zero-order valence-electron chi connectivity index (χ0n) is 6.92. The molecule has 0 fully saturated rings. The van der Waals surface area contributed by atoms with Gasteiger partial charge in [0.1, 0.15) is 11.8 Å². The van der Waals surface area contributed by atoms with Gasteiger partial charge < -0.3 is 9.47 Å². The molecule has 0 unspecified atom stereocenters. The minimum atomic E-state index is 0.228. The lowest BCUT2D eigenvalue weighted by Gasteiger charge is -2.02. The number of hydrogen-bond donors (Lipinski definition) is 0. The second kappa shape index (κ2) is 5.01. The predicted molar refractivity (Wildman–Crippen MR) is 48.5 cm³/mol. The standard InChI is InChI=1S/C9H11ClO2/c1-11-9-4-2-8(3-5-9)6-12-7-10/h2-5H,6-7H2,1H3. The highest BCUT2D eigenvalue weighted by Gasteiger charge is 1.93. The zero-order chi connectivity index (χ0) is 8.81. The van der Waals surface area contributed by atoms with Crippen LogP contribution in [0, 0.1) is 0 Å². The number of methoxy groups -OCH3 is 1. The SMILES string of the molecule is COc1ccc(COCCl)cc1. The van der Waals surface area contributed by atoms with E-state index in [9.17, 15) is 0 Å². The van der Waals surface area contributed by atoms with Crippen LogP contribution in [0.4, 0.5) is 0 Å². The molecule has 0 radical (unpaired) electrons. The Bertz CT molecular complexity index is 220. The van der Waals surface area contributed by atoms with Gasteiger partial charge in [-0.05, 0) is 17.7 Å².